The first-order chi connectivity index (χ1) is 9.42. The Morgan fingerprint density at radius 2 is 2.00 bits per heavy atom. The van der Waals surface area contributed by atoms with E-state index in [0.717, 1.165) is 11.3 Å². The number of benzene rings is 1. The normalized spacial score (nSPS) is 23.4. The van der Waals surface area contributed by atoms with Gasteiger partial charge < -0.3 is 5.32 Å². The average molecular weight is 327 g/mol. The van der Waals surface area contributed by atoms with E-state index in [-0.39, 0.29) is 5.91 Å². The molecule has 1 saturated carbocycles. The maximum absolute atomic E-state index is 12.2. The number of hydrogen-bond donors (Lipinski definition) is 1. The zero-order chi connectivity index (χ0) is 14.4. The third-order valence-corrected chi connectivity index (χ3v) is 5.38. The molecule has 1 aliphatic rings. The molecule has 1 fully saturated rings. The topological polar surface area (TPSA) is 42.0 Å². The van der Waals surface area contributed by atoms with Crippen LogP contribution in [0.3, 0.4) is 0 Å². The van der Waals surface area contributed by atoms with Crippen molar-refractivity contribution in [3.8, 4) is 11.3 Å². The van der Waals surface area contributed by atoms with E-state index >= 15 is 0 Å². The molecule has 0 aliphatic heterocycles. The van der Waals surface area contributed by atoms with Gasteiger partial charge in [0, 0.05) is 11.6 Å². The molecule has 6 heteroatoms. The van der Waals surface area contributed by atoms with E-state index < -0.39 is 9.75 Å². The van der Waals surface area contributed by atoms with Crippen molar-refractivity contribution in [3.63, 3.8) is 0 Å². The maximum atomic E-state index is 12.2. The van der Waals surface area contributed by atoms with Crippen LogP contribution in [0.4, 0.5) is 5.00 Å². The third-order valence-electron chi connectivity index (χ3n) is 3.58. The third kappa shape index (κ3) is 2.32. The van der Waals surface area contributed by atoms with Crippen molar-refractivity contribution in [2.24, 2.45) is 5.41 Å². The van der Waals surface area contributed by atoms with Gasteiger partial charge in [-0.3, -0.25) is 4.79 Å². The van der Waals surface area contributed by atoms with E-state index in [2.05, 4.69) is 9.69 Å². The van der Waals surface area contributed by atoms with Crippen LogP contribution in [-0.4, -0.2) is 14.6 Å². The summed E-state index contributed by atoms with van der Waals surface area (Å²) in [4.78, 5) is 12.2. The minimum Gasteiger partial charge on any atom is -0.316 e. The van der Waals surface area contributed by atoms with Crippen molar-refractivity contribution in [2.45, 2.75) is 17.7 Å². The molecule has 1 amide bonds. The van der Waals surface area contributed by atoms with E-state index in [1.54, 1.807) is 6.92 Å². The van der Waals surface area contributed by atoms with E-state index in [4.69, 9.17) is 23.2 Å². The van der Waals surface area contributed by atoms with E-state index in [9.17, 15) is 4.79 Å². The fourth-order valence-corrected chi connectivity index (χ4v) is 3.34. The highest BCUT2D eigenvalue weighted by molar-refractivity contribution is 7.10. The molecule has 1 aliphatic carbocycles. The molecule has 0 saturated heterocycles. The molecule has 3 rings (SSSR count). The fourth-order valence-electron chi connectivity index (χ4n) is 1.98. The molecule has 0 bridgehead atoms. The zero-order valence-electron chi connectivity index (χ0n) is 10.7. The second-order valence-electron chi connectivity index (χ2n) is 5.11. The molecule has 0 spiro atoms. The number of amides is 1. The van der Waals surface area contributed by atoms with Crippen LogP contribution in [0.2, 0.25) is 0 Å². The average Bonchev–Trinajstić information content (AvgIpc) is 2.78. The number of carbonyl (C=O) groups is 1. The van der Waals surface area contributed by atoms with Crippen molar-refractivity contribution >= 4 is 45.6 Å². The number of aromatic nitrogens is 1. The van der Waals surface area contributed by atoms with Crippen molar-refractivity contribution in [1.82, 2.24) is 4.37 Å². The summed E-state index contributed by atoms with van der Waals surface area (Å²) in [7, 11) is 0. The number of nitrogens with one attached hydrogen (secondary N) is 1. The lowest BCUT2D eigenvalue weighted by Gasteiger charge is -2.10. The highest BCUT2D eigenvalue weighted by Crippen LogP contribution is 2.64. The Morgan fingerprint density at radius 1 is 1.35 bits per heavy atom. The van der Waals surface area contributed by atoms with Crippen molar-refractivity contribution in [2.75, 3.05) is 5.32 Å². The van der Waals surface area contributed by atoms with Gasteiger partial charge in [-0.25, -0.2) is 0 Å². The van der Waals surface area contributed by atoms with Gasteiger partial charge in [0.1, 0.15) is 9.33 Å². The Bertz CT molecular complexity index is 656. The molecule has 1 atom stereocenters. The first-order valence-electron chi connectivity index (χ1n) is 6.14. The summed E-state index contributed by atoms with van der Waals surface area (Å²) >= 11 is 13.3. The van der Waals surface area contributed by atoms with Crippen molar-refractivity contribution < 1.29 is 4.79 Å². The first kappa shape index (κ1) is 13.9. The van der Waals surface area contributed by atoms with Crippen molar-refractivity contribution in [3.05, 3.63) is 36.4 Å². The van der Waals surface area contributed by atoms with Crippen LogP contribution in [0.15, 0.2) is 36.4 Å². The van der Waals surface area contributed by atoms with Gasteiger partial charge in [-0.2, -0.15) is 4.37 Å². The summed E-state index contributed by atoms with van der Waals surface area (Å²) in [5, 5.41) is 3.54. The van der Waals surface area contributed by atoms with Gasteiger partial charge in [-0.1, -0.05) is 30.3 Å². The second kappa shape index (κ2) is 4.72. The quantitative estimate of drug-likeness (QED) is 0.853. The molecule has 104 valence electrons. The SMILES string of the molecule is CC1(C(=O)Nc2cc(-c3ccccc3)ns2)CC1(Cl)Cl. The molecule has 0 radical (unpaired) electrons. The van der Waals surface area contributed by atoms with Gasteiger partial charge in [0.25, 0.3) is 0 Å². The number of carbonyl (C=O) groups excluding carboxylic acids is 1. The van der Waals surface area contributed by atoms with Crippen molar-refractivity contribution in [1.29, 1.82) is 0 Å². The van der Waals surface area contributed by atoms with Crippen LogP contribution in [-0.2, 0) is 4.79 Å². The van der Waals surface area contributed by atoms with Gasteiger partial charge in [-0.05, 0) is 24.9 Å². The Hall–Kier alpha value is -1.10. The lowest BCUT2D eigenvalue weighted by Crippen LogP contribution is -2.25. The van der Waals surface area contributed by atoms with Crippen LogP contribution < -0.4 is 5.32 Å². The summed E-state index contributed by atoms with van der Waals surface area (Å²) in [5.41, 5.74) is 1.15. The number of alkyl halides is 2. The van der Waals surface area contributed by atoms with Crippen LogP contribution in [0, 0.1) is 5.41 Å². The standard InChI is InChI=1S/C14H12Cl2N2OS/c1-13(8-14(13,15)16)12(19)17-11-7-10(18-20-11)9-5-3-2-4-6-9/h2-7H,8H2,1H3,(H,17,19). The predicted octanol–water partition coefficient (Wildman–Crippen LogP) is 4.33. The Kier molecular flexibility index (Phi) is 3.27. The smallest absolute Gasteiger partial charge is 0.234 e. The molecular formula is C14H12Cl2N2OS. The summed E-state index contributed by atoms with van der Waals surface area (Å²) in [6.07, 6.45) is 0.472. The summed E-state index contributed by atoms with van der Waals surface area (Å²) in [6, 6.07) is 11.7. The van der Waals surface area contributed by atoms with Crippen LogP contribution in [0.25, 0.3) is 11.3 Å². The van der Waals surface area contributed by atoms with Gasteiger partial charge in [0.2, 0.25) is 5.91 Å². The summed E-state index contributed by atoms with van der Waals surface area (Å²) in [6.45, 7) is 1.77. The number of anilines is 1. The van der Waals surface area contributed by atoms with Gasteiger partial charge in [0.05, 0.1) is 11.1 Å². The molecule has 1 heterocycles. The summed E-state index contributed by atoms with van der Waals surface area (Å²) < 4.78 is 3.38. The first-order valence-corrected chi connectivity index (χ1v) is 7.67. The highest BCUT2D eigenvalue weighted by atomic mass is 35.5. The minimum absolute atomic E-state index is 0.161. The Morgan fingerprint density at radius 3 is 2.60 bits per heavy atom. The molecule has 20 heavy (non-hydrogen) atoms. The molecule has 1 N–H and O–H groups in total. The minimum atomic E-state index is -0.954. The highest BCUT2D eigenvalue weighted by Gasteiger charge is 2.67. The zero-order valence-corrected chi connectivity index (χ0v) is 13.0. The molecule has 3 nitrogen and oxygen atoms in total. The number of nitrogens with zero attached hydrogens (tertiary/aromatic N) is 1. The predicted molar refractivity (Wildman–Crippen MR) is 83.3 cm³/mol. The van der Waals surface area contributed by atoms with Gasteiger partial charge in [-0.15, -0.1) is 23.2 Å². The fraction of sp³-hybridized carbons (Fsp3) is 0.286. The number of halogens is 2. The Balaban J connectivity index is 1.74. The molecule has 1 aromatic carbocycles. The Labute approximate surface area is 131 Å². The van der Waals surface area contributed by atoms with Crippen LogP contribution >= 0.6 is 34.7 Å². The monoisotopic (exact) mass is 326 g/mol. The maximum Gasteiger partial charge on any atom is 0.234 e. The summed E-state index contributed by atoms with van der Waals surface area (Å²) in [5.74, 6) is -0.161. The second-order valence-corrected chi connectivity index (χ2v) is 7.40. The molecule has 1 aromatic heterocycles. The van der Waals surface area contributed by atoms with Crippen LogP contribution in [0.1, 0.15) is 13.3 Å². The van der Waals surface area contributed by atoms with E-state index in [1.807, 2.05) is 36.4 Å². The van der Waals surface area contributed by atoms with Gasteiger partial charge in [0.15, 0.2) is 0 Å². The largest absolute Gasteiger partial charge is 0.316 e. The number of hydrogen-bond acceptors (Lipinski definition) is 3. The molecule has 2 aromatic rings. The molecule has 1 unspecified atom stereocenters. The lowest BCUT2D eigenvalue weighted by atomic mass is 10.1. The lowest BCUT2D eigenvalue weighted by molar-refractivity contribution is -0.120. The van der Waals surface area contributed by atoms with Gasteiger partial charge >= 0.3 is 0 Å². The van der Waals surface area contributed by atoms with E-state index in [0.29, 0.717) is 11.4 Å². The molecular weight excluding hydrogens is 315 g/mol. The number of rotatable bonds is 3. The van der Waals surface area contributed by atoms with Crippen LogP contribution in [0.5, 0.6) is 0 Å². The van der Waals surface area contributed by atoms with E-state index in [1.165, 1.54) is 11.5 Å².